The van der Waals surface area contributed by atoms with Crippen LogP contribution >= 0.6 is 0 Å². The number of piperidine rings is 1. The van der Waals surface area contributed by atoms with Crippen LogP contribution in [0.25, 0.3) is 0 Å². The van der Waals surface area contributed by atoms with Gasteiger partial charge in [-0.1, -0.05) is 6.08 Å². The van der Waals surface area contributed by atoms with Crippen LogP contribution in [0.3, 0.4) is 0 Å². The molecule has 1 aliphatic rings. The van der Waals surface area contributed by atoms with Crippen molar-refractivity contribution in [2.75, 3.05) is 39.5 Å². The Balaban J connectivity index is 2.05. The number of aliphatic hydroxyl groups excluding tert-OH is 1. The van der Waals surface area contributed by atoms with Gasteiger partial charge in [0.05, 0.1) is 13.2 Å². The summed E-state index contributed by atoms with van der Waals surface area (Å²) in [5.41, 5.74) is 0. The van der Waals surface area contributed by atoms with Crippen molar-refractivity contribution < 1.29 is 14.6 Å². The summed E-state index contributed by atoms with van der Waals surface area (Å²) in [6.45, 7) is 7.02. The Kier molecular flexibility index (Phi) is 7.44. The van der Waals surface area contributed by atoms with E-state index in [0.717, 1.165) is 32.4 Å². The van der Waals surface area contributed by atoms with Crippen LogP contribution in [0.15, 0.2) is 12.7 Å². The van der Waals surface area contributed by atoms with Gasteiger partial charge in [-0.2, -0.15) is 0 Å². The predicted molar refractivity (Wildman–Crippen MR) is 70.4 cm³/mol. The van der Waals surface area contributed by atoms with Crippen LogP contribution < -0.4 is 5.32 Å². The van der Waals surface area contributed by atoms with Crippen molar-refractivity contribution in [3.63, 3.8) is 0 Å². The van der Waals surface area contributed by atoms with Gasteiger partial charge in [-0.25, -0.2) is 4.79 Å². The SMILES string of the molecule is C=CCCOCCNC(=O)N1CCC(CO)CC1. The average molecular weight is 256 g/mol. The van der Waals surface area contributed by atoms with Gasteiger partial charge in [0.2, 0.25) is 0 Å². The van der Waals surface area contributed by atoms with Gasteiger partial charge in [0.15, 0.2) is 0 Å². The highest BCUT2D eigenvalue weighted by molar-refractivity contribution is 5.74. The molecular formula is C13H24N2O3. The van der Waals surface area contributed by atoms with Crippen molar-refractivity contribution in [3.8, 4) is 0 Å². The van der Waals surface area contributed by atoms with E-state index < -0.39 is 0 Å². The molecule has 5 heteroatoms. The van der Waals surface area contributed by atoms with Gasteiger partial charge in [-0.05, 0) is 25.2 Å². The number of hydrogen-bond acceptors (Lipinski definition) is 3. The quantitative estimate of drug-likeness (QED) is 0.527. The molecule has 1 rings (SSSR count). The zero-order valence-corrected chi connectivity index (χ0v) is 10.9. The molecule has 0 aromatic heterocycles. The molecule has 104 valence electrons. The molecule has 0 saturated carbocycles. The number of rotatable bonds is 7. The molecular weight excluding hydrogens is 232 g/mol. The Bertz CT molecular complexity index is 251. The second kappa shape index (κ2) is 8.94. The Morgan fingerprint density at radius 1 is 1.44 bits per heavy atom. The number of nitrogens with one attached hydrogen (secondary N) is 1. The fraction of sp³-hybridized carbons (Fsp3) is 0.769. The van der Waals surface area contributed by atoms with Gasteiger partial charge in [-0.15, -0.1) is 6.58 Å². The van der Waals surface area contributed by atoms with Gasteiger partial charge in [-0.3, -0.25) is 0 Å². The average Bonchev–Trinajstić information content (AvgIpc) is 2.42. The summed E-state index contributed by atoms with van der Waals surface area (Å²) in [5, 5.41) is 11.9. The van der Waals surface area contributed by atoms with Crippen LogP contribution in [0, 0.1) is 5.92 Å². The number of amides is 2. The van der Waals surface area contributed by atoms with E-state index in [9.17, 15) is 4.79 Å². The predicted octanol–water partition coefficient (Wildman–Crippen LogP) is 0.993. The van der Waals surface area contributed by atoms with Crippen molar-refractivity contribution in [2.24, 2.45) is 5.92 Å². The third kappa shape index (κ3) is 5.51. The Morgan fingerprint density at radius 3 is 2.78 bits per heavy atom. The van der Waals surface area contributed by atoms with Crippen LogP contribution in [-0.4, -0.2) is 55.5 Å². The molecule has 0 radical (unpaired) electrons. The zero-order valence-electron chi connectivity index (χ0n) is 10.9. The van der Waals surface area contributed by atoms with Crippen LogP contribution in [-0.2, 0) is 4.74 Å². The van der Waals surface area contributed by atoms with Crippen molar-refractivity contribution in [3.05, 3.63) is 12.7 Å². The minimum atomic E-state index is -0.0290. The molecule has 18 heavy (non-hydrogen) atoms. The summed E-state index contributed by atoms with van der Waals surface area (Å²) in [6.07, 6.45) is 4.42. The van der Waals surface area contributed by atoms with Crippen molar-refractivity contribution in [1.82, 2.24) is 10.2 Å². The second-order valence-corrected chi connectivity index (χ2v) is 4.53. The molecule has 2 N–H and O–H groups in total. The molecule has 0 aromatic rings. The normalized spacial score (nSPS) is 16.6. The number of ether oxygens (including phenoxy) is 1. The molecule has 1 fully saturated rings. The standard InChI is InChI=1S/C13H24N2O3/c1-2-3-9-18-10-6-14-13(17)15-7-4-12(11-16)5-8-15/h2,12,16H,1,3-11H2,(H,14,17). The first-order chi connectivity index (χ1) is 8.77. The lowest BCUT2D eigenvalue weighted by atomic mass is 9.98. The molecule has 1 heterocycles. The lowest BCUT2D eigenvalue weighted by molar-refractivity contribution is 0.126. The summed E-state index contributed by atoms with van der Waals surface area (Å²) in [4.78, 5) is 13.6. The van der Waals surface area contributed by atoms with E-state index in [4.69, 9.17) is 9.84 Å². The van der Waals surface area contributed by atoms with Gasteiger partial charge in [0.25, 0.3) is 0 Å². The monoisotopic (exact) mass is 256 g/mol. The molecule has 0 atom stereocenters. The fourth-order valence-electron chi connectivity index (χ4n) is 1.93. The highest BCUT2D eigenvalue weighted by atomic mass is 16.5. The first-order valence-electron chi connectivity index (χ1n) is 6.60. The molecule has 0 aliphatic carbocycles. The Hall–Kier alpha value is -1.07. The minimum Gasteiger partial charge on any atom is -0.396 e. The van der Waals surface area contributed by atoms with Crippen molar-refractivity contribution >= 4 is 6.03 Å². The zero-order chi connectivity index (χ0) is 13.2. The highest BCUT2D eigenvalue weighted by Crippen LogP contribution is 2.15. The summed E-state index contributed by atoms with van der Waals surface area (Å²) >= 11 is 0. The smallest absolute Gasteiger partial charge is 0.317 e. The Morgan fingerprint density at radius 2 is 2.17 bits per heavy atom. The first kappa shape index (κ1) is 15.0. The van der Waals surface area contributed by atoms with E-state index >= 15 is 0 Å². The summed E-state index contributed by atoms with van der Waals surface area (Å²) in [5.74, 6) is 0.358. The maximum atomic E-state index is 11.8. The lowest BCUT2D eigenvalue weighted by Crippen LogP contribution is -2.45. The number of aliphatic hydroxyl groups is 1. The van der Waals surface area contributed by atoms with Crippen LogP contribution in [0.5, 0.6) is 0 Å². The van der Waals surface area contributed by atoms with Gasteiger partial charge >= 0.3 is 6.03 Å². The number of hydrogen-bond donors (Lipinski definition) is 2. The second-order valence-electron chi connectivity index (χ2n) is 4.53. The van der Waals surface area contributed by atoms with Gasteiger partial charge < -0.3 is 20.1 Å². The number of likely N-dealkylation sites (tertiary alicyclic amines) is 1. The molecule has 0 aromatic carbocycles. The van der Waals surface area contributed by atoms with Crippen LogP contribution in [0.1, 0.15) is 19.3 Å². The first-order valence-corrected chi connectivity index (χ1v) is 6.60. The van der Waals surface area contributed by atoms with E-state index in [1.165, 1.54) is 0 Å². The molecule has 1 aliphatic heterocycles. The molecule has 0 unspecified atom stereocenters. The number of carbonyl (C=O) groups excluding carboxylic acids is 1. The van der Waals surface area contributed by atoms with Crippen molar-refractivity contribution in [2.45, 2.75) is 19.3 Å². The topological polar surface area (TPSA) is 61.8 Å². The summed E-state index contributed by atoms with van der Waals surface area (Å²) < 4.78 is 5.31. The third-order valence-electron chi connectivity index (χ3n) is 3.15. The molecule has 2 amide bonds. The maximum Gasteiger partial charge on any atom is 0.317 e. The third-order valence-corrected chi connectivity index (χ3v) is 3.15. The molecule has 0 spiro atoms. The minimum absolute atomic E-state index is 0.0290. The van der Waals surface area contributed by atoms with Crippen LogP contribution in [0.4, 0.5) is 4.79 Å². The van der Waals surface area contributed by atoms with Gasteiger partial charge in [0.1, 0.15) is 0 Å². The number of urea groups is 1. The van der Waals surface area contributed by atoms with E-state index in [1.54, 1.807) is 4.90 Å². The van der Waals surface area contributed by atoms with E-state index in [2.05, 4.69) is 11.9 Å². The van der Waals surface area contributed by atoms with E-state index in [-0.39, 0.29) is 12.6 Å². The fourth-order valence-corrected chi connectivity index (χ4v) is 1.93. The molecule has 1 saturated heterocycles. The molecule has 5 nitrogen and oxygen atoms in total. The lowest BCUT2D eigenvalue weighted by Gasteiger charge is -2.31. The van der Waals surface area contributed by atoms with E-state index in [1.807, 2.05) is 6.08 Å². The summed E-state index contributed by atoms with van der Waals surface area (Å²) in [6, 6.07) is -0.0290. The highest BCUT2D eigenvalue weighted by Gasteiger charge is 2.21. The van der Waals surface area contributed by atoms with Crippen molar-refractivity contribution in [1.29, 1.82) is 0 Å². The van der Waals surface area contributed by atoms with Crippen LogP contribution in [0.2, 0.25) is 0 Å². The maximum absolute atomic E-state index is 11.8. The Labute approximate surface area is 109 Å². The summed E-state index contributed by atoms with van der Waals surface area (Å²) in [7, 11) is 0. The number of nitrogens with zero attached hydrogens (tertiary/aromatic N) is 1. The molecule has 0 bridgehead atoms. The van der Waals surface area contributed by atoms with Gasteiger partial charge in [0, 0.05) is 26.2 Å². The van der Waals surface area contributed by atoms with E-state index in [0.29, 0.717) is 25.7 Å². The largest absolute Gasteiger partial charge is 0.396 e. The number of carbonyl (C=O) groups is 1.